The molecule has 0 radical (unpaired) electrons. The zero-order valence-corrected chi connectivity index (χ0v) is 11.3. The average molecular weight is 208 g/mol. The van der Waals surface area contributed by atoms with Crippen molar-refractivity contribution in [3.63, 3.8) is 0 Å². The summed E-state index contributed by atoms with van der Waals surface area (Å²) in [6.07, 6.45) is 11.5. The fourth-order valence-electron chi connectivity index (χ4n) is 1.21. The second-order valence-electron chi connectivity index (χ2n) is 3.12. The van der Waals surface area contributed by atoms with Crippen molar-refractivity contribution in [2.75, 3.05) is 0 Å². The van der Waals surface area contributed by atoms with Crippen LogP contribution in [0.5, 0.6) is 0 Å². The van der Waals surface area contributed by atoms with E-state index >= 15 is 0 Å². The third-order valence-electron chi connectivity index (χ3n) is 1.96. The average Bonchev–Trinajstić information content (AvgIpc) is 1.97. The monoisotopic (exact) mass is 206 g/mol. The van der Waals surface area contributed by atoms with E-state index in [1.807, 2.05) is 0 Å². The van der Waals surface area contributed by atoms with Gasteiger partial charge in [0.1, 0.15) is 0 Å². The van der Waals surface area contributed by atoms with Crippen molar-refractivity contribution in [3.8, 4) is 0 Å². The molecule has 0 aromatic rings. The molecule has 0 atom stereocenters. The molecule has 0 rings (SSSR count). The molecule has 0 aliphatic heterocycles. The van der Waals surface area contributed by atoms with Crippen LogP contribution in [0.25, 0.3) is 0 Å². The zero-order valence-electron chi connectivity index (χ0n) is 8.36. The molecule has 0 amide bonds. The first-order chi connectivity index (χ1) is 4.91. The van der Waals surface area contributed by atoms with Gasteiger partial charge in [-0.15, -0.1) is 0 Å². The van der Waals surface area contributed by atoms with Crippen LogP contribution in [-0.4, -0.2) is 0 Å². The van der Waals surface area contributed by atoms with E-state index in [2.05, 4.69) is 13.8 Å². The molecule has 0 N–H and O–H groups in total. The molecule has 0 unspecified atom stereocenters. The third-order valence-corrected chi connectivity index (χ3v) is 1.96. The second kappa shape index (κ2) is 13.2. The van der Waals surface area contributed by atoms with Crippen LogP contribution in [-0.2, 0) is 19.5 Å². The summed E-state index contributed by atoms with van der Waals surface area (Å²) in [5.74, 6) is 0. The van der Waals surface area contributed by atoms with Crippen molar-refractivity contribution in [1.82, 2.24) is 0 Å². The van der Waals surface area contributed by atoms with Gasteiger partial charge in [0, 0.05) is 19.5 Å². The van der Waals surface area contributed by atoms with Crippen LogP contribution in [0.2, 0.25) is 0 Å². The standard InChI is InChI=1S/C10H22.Zn/c1-3-5-7-9-10-8-6-4-2;/h3-10H2,1-2H3;. The van der Waals surface area contributed by atoms with Crippen molar-refractivity contribution < 1.29 is 19.5 Å². The van der Waals surface area contributed by atoms with E-state index in [-0.39, 0.29) is 19.5 Å². The molecule has 0 bridgehead atoms. The Morgan fingerprint density at radius 1 is 0.545 bits per heavy atom. The minimum Gasteiger partial charge on any atom is -0.0654 e. The summed E-state index contributed by atoms with van der Waals surface area (Å²) < 4.78 is 0. The first-order valence-corrected chi connectivity index (χ1v) is 4.91. The number of unbranched alkanes of at least 4 members (excludes halogenated alkanes) is 7. The first kappa shape index (κ1) is 14.2. The Kier molecular flexibility index (Phi) is 17.0. The minimum atomic E-state index is 0. The molecule has 0 aliphatic carbocycles. The fourth-order valence-corrected chi connectivity index (χ4v) is 1.21. The molecule has 1 heteroatoms. The van der Waals surface area contributed by atoms with Gasteiger partial charge in [0.25, 0.3) is 0 Å². The van der Waals surface area contributed by atoms with Crippen molar-refractivity contribution in [1.29, 1.82) is 0 Å². The summed E-state index contributed by atoms with van der Waals surface area (Å²) in [4.78, 5) is 0. The van der Waals surface area contributed by atoms with Crippen LogP contribution in [0.15, 0.2) is 0 Å². The van der Waals surface area contributed by atoms with Crippen molar-refractivity contribution in [2.45, 2.75) is 65.2 Å². The van der Waals surface area contributed by atoms with Crippen molar-refractivity contribution in [3.05, 3.63) is 0 Å². The molecule has 0 spiro atoms. The van der Waals surface area contributed by atoms with Crippen molar-refractivity contribution in [2.24, 2.45) is 0 Å². The van der Waals surface area contributed by atoms with Crippen LogP contribution >= 0.6 is 0 Å². The number of hydrogen-bond acceptors (Lipinski definition) is 0. The Morgan fingerprint density at radius 2 is 0.818 bits per heavy atom. The molecule has 64 valence electrons. The SMILES string of the molecule is CCCCCCCCCC.[Zn]. The van der Waals surface area contributed by atoms with E-state index < -0.39 is 0 Å². The third kappa shape index (κ3) is 13.6. The van der Waals surface area contributed by atoms with Gasteiger partial charge >= 0.3 is 0 Å². The van der Waals surface area contributed by atoms with E-state index in [9.17, 15) is 0 Å². The summed E-state index contributed by atoms with van der Waals surface area (Å²) in [5.41, 5.74) is 0. The van der Waals surface area contributed by atoms with E-state index in [1.165, 1.54) is 51.4 Å². The number of rotatable bonds is 7. The summed E-state index contributed by atoms with van der Waals surface area (Å²) in [7, 11) is 0. The Morgan fingerprint density at radius 3 is 1.09 bits per heavy atom. The largest absolute Gasteiger partial charge is 0.0654 e. The predicted molar refractivity (Wildman–Crippen MR) is 48.3 cm³/mol. The summed E-state index contributed by atoms with van der Waals surface area (Å²) in [6, 6.07) is 0. The van der Waals surface area contributed by atoms with Crippen LogP contribution in [0.4, 0.5) is 0 Å². The smallest absolute Gasteiger partial charge is 0 e. The van der Waals surface area contributed by atoms with Crippen LogP contribution in [0, 0.1) is 0 Å². The van der Waals surface area contributed by atoms with Gasteiger partial charge in [0.2, 0.25) is 0 Å². The van der Waals surface area contributed by atoms with E-state index in [1.54, 1.807) is 0 Å². The van der Waals surface area contributed by atoms with Crippen LogP contribution in [0.1, 0.15) is 65.2 Å². The maximum Gasteiger partial charge on any atom is 0 e. The van der Waals surface area contributed by atoms with Gasteiger partial charge < -0.3 is 0 Å². The molecule has 0 heterocycles. The normalized spacial score (nSPS) is 9.27. The van der Waals surface area contributed by atoms with Gasteiger partial charge in [-0.05, 0) is 0 Å². The molecular weight excluding hydrogens is 185 g/mol. The Hall–Kier alpha value is 0.623. The van der Waals surface area contributed by atoms with E-state index in [0.29, 0.717) is 0 Å². The molecule has 0 saturated heterocycles. The Labute approximate surface area is 84.9 Å². The van der Waals surface area contributed by atoms with Gasteiger partial charge in [-0.25, -0.2) is 0 Å². The zero-order chi connectivity index (χ0) is 7.66. The van der Waals surface area contributed by atoms with Gasteiger partial charge in [-0.1, -0.05) is 65.2 Å². The van der Waals surface area contributed by atoms with Gasteiger partial charge in [0.05, 0.1) is 0 Å². The first-order valence-electron chi connectivity index (χ1n) is 4.91. The summed E-state index contributed by atoms with van der Waals surface area (Å²) in [6.45, 7) is 4.54. The van der Waals surface area contributed by atoms with Crippen LogP contribution < -0.4 is 0 Å². The topological polar surface area (TPSA) is 0 Å². The molecule has 0 fully saturated rings. The summed E-state index contributed by atoms with van der Waals surface area (Å²) in [5, 5.41) is 0. The molecule has 0 aliphatic rings. The summed E-state index contributed by atoms with van der Waals surface area (Å²) >= 11 is 0. The molecule has 0 nitrogen and oxygen atoms in total. The fraction of sp³-hybridized carbons (Fsp3) is 1.00. The maximum atomic E-state index is 2.27. The van der Waals surface area contributed by atoms with Gasteiger partial charge in [0.15, 0.2) is 0 Å². The number of hydrogen-bond donors (Lipinski definition) is 0. The molecular formula is C10H22Zn. The minimum absolute atomic E-state index is 0. The van der Waals surface area contributed by atoms with Gasteiger partial charge in [-0.3, -0.25) is 0 Å². The van der Waals surface area contributed by atoms with E-state index in [0.717, 1.165) is 0 Å². The molecule has 11 heavy (non-hydrogen) atoms. The predicted octanol–water partition coefficient (Wildman–Crippen LogP) is 4.14. The Balaban J connectivity index is 0. The van der Waals surface area contributed by atoms with Crippen LogP contribution in [0.3, 0.4) is 0 Å². The molecule has 0 saturated carbocycles. The second-order valence-corrected chi connectivity index (χ2v) is 3.12. The quantitative estimate of drug-likeness (QED) is 0.435. The van der Waals surface area contributed by atoms with Crippen molar-refractivity contribution >= 4 is 0 Å². The van der Waals surface area contributed by atoms with E-state index in [4.69, 9.17) is 0 Å². The van der Waals surface area contributed by atoms with Gasteiger partial charge in [-0.2, -0.15) is 0 Å². The molecule has 0 aromatic carbocycles. The maximum absolute atomic E-state index is 2.27. The Bertz CT molecular complexity index is 44.8. The molecule has 0 aromatic heterocycles.